The van der Waals surface area contributed by atoms with E-state index in [4.69, 9.17) is 17.3 Å². The second kappa shape index (κ2) is 4.52. The number of benzene rings is 1. The molecule has 1 aliphatic carbocycles. The van der Waals surface area contributed by atoms with Crippen LogP contribution in [0.2, 0.25) is 5.02 Å². The SMILES string of the molecule is NC(CC(=O)c1ccc(Cl)cc1F)C1CC1. The molecule has 1 aromatic carbocycles. The zero-order chi connectivity index (χ0) is 11.7. The first-order valence-corrected chi connectivity index (χ1v) is 5.69. The predicted molar refractivity (Wildman–Crippen MR) is 61.1 cm³/mol. The zero-order valence-corrected chi connectivity index (χ0v) is 9.51. The molecule has 1 atom stereocenters. The van der Waals surface area contributed by atoms with Gasteiger partial charge in [0, 0.05) is 17.5 Å². The molecule has 4 heteroatoms. The summed E-state index contributed by atoms with van der Waals surface area (Å²) in [7, 11) is 0. The minimum absolute atomic E-state index is 0.0838. The topological polar surface area (TPSA) is 43.1 Å². The third-order valence-electron chi connectivity index (χ3n) is 2.88. The van der Waals surface area contributed by atoms with E-state index in [1.165, 1.54) is 12.1 Å². The fourth-order valence-corrected chi connectivity index (χ4v) is 1.89. The molecule has 86 valence electrons. The second-order valence-electron chi connectivity index (χ2n) is 4.25. The normalized spacial score (nSPS) is 17.2. The minimum atomic E-state index is -0.569. The number of nitrogens with two attached hydrogens (primary N) is 1. The molecule has 0 spiro atoms. The van der Waals surface area contributed by atoms with Crippen LogP contribution in [0.5, 0.6) is 0 Å². The summed E-state index contributed by atoms with van der Waals surface area (Å²) >= 11 is 5.61. The summed E-state index contributed by atoms with van der Waals surface area (Å²) in [6.07, 6.45) is 2.37. The van der Waals surface area contributed by atoms with Crippen molar-refractivity contribution >= 4 is 17.4 Å². The maximum atomic E-state index is 13.4. The molecule has 0 aliphatic heterocycles. The first-order valence-electron chi connectivity index (χ1n) is 5.32. The largest absolute Gasteiger partial charge is 0.327 e. The molecule has 2 N–H and O–H groups in total. The standard InChI is InChI=1S/C12H13ClFNO/c13-8-3-4-9(10(14)5-8)12(16)6-11(15)7-1-2-7/h3-5,7,11H,1-2,6,15H2. The summed E-state index contributed by atoms with van der Waals surface area (Å²) < 4.78 is 13.4. The van der Waals surface area contributed by atoms with Crippen molar-refractivity contribution in [1.29, 1.82) is 0 Å². The van der Waals surface area contributed by atoms with Crippen LogP contribution in [0.4, 0.5) is 4.39 Å². The second-order valence-corrected chi connectivity index (χ2v) is 4.69. The molecule has 0 aromatic heterocycles. The number of carbonyl (C=O) groups is 1. The van der Waals surface area contributed by atoms with Gasteiger partial charge in [0.25, 0.3) is 0 Å². The third-order valence-corrected chi connectivity index (χ3v) is 3.12. The van der Waals surface area contributed by atoms with Crippen molar-refractivity contribution in [1.82, 2.24) is 0 Å². The molecule has 1 saturated carbocycles. The lowest BCUT2D eigenvalue weighted by Crippen LogP contribution is -2.26. The van der Waals surface area contributed by atoms with E-state index in [9.17, 15) is 9.18 Å². The van der Waals surface area contributed by atoms with E-state index in [2.05, 4.69) is 0 Å². The highest BCUT2D eigenvalue weighted by molar-refractivity contribution is 6.30. The number of hydrogen-bond acceptors (Lipinski definition) is 2. The number of halogens is 2. The van der Waals surface area contributed by atoms with Gasteiger partial charge in [-0.1, -0.05) is 11.6 Å². The smallest absolute Gasteiger partial charge is 0.167 e. The highest BCUT2D eigenvalue weighted by Gasteiger charge is 2.30. The maximum absolute atomic E-state index is 13.4. The van der Waals surface area contributed by atoms with E-state index in [0.717, 1.165) is 18.9 Å². The van der Waals surface area contributed by atoms with Crippen molar-refractivity contribution in [2.75, 3.05) is 0 Å². The van der Waals surface area contributed by atoms with E-state index in [1.807, 2.05) is 0 Å². The van der Waals surface area contributed by atoms with Crippen LogP contribution in [0.3, 0.4) is 0 Å². The molecule has 16 heavy (non-hydrogen) atoms. The number of Topliss-reactive ketones (excluding diaryl/α,β-unsaturated/α-hetero) is 1. The number of hydrogen-bond donors (Lipinski definition) is 1. The van der Waals surface area contributed by atoms with Gasteiger partial charge in [0.05, 0.1) is 5.56 Å². The van der Waals surface area contributed by atoms with Crippen LogP contribution in [0, 0.1) is 11.7 Å². The molecule has 1 aromatic rings. The lowest BCUT2D eigenvalue weighted by atomic mass is 10.0. The predicted octanol–water partition coefficient (Wildman–Crippen LogP) is 2.79. The molecule has 0 radical (unpaired) electrons. The van der Waals surface area contributed by atoms with Gasteiger partial charge in [-0.15, -0.1) is 0 Å². The summed E-state index contributed by atoms with van der Waals surface area (Å²) in [6, 6.07) is 3.94. The number of rotatable bonds is 4. The van der Waals surface area contributed by atoms with Gasteiger partial charge < -0.3 is 5.73 Å². The van der Waals surface area contributed by atoms with Gasteiger partial charge in [0.1, 0.15) is 5.82 Å². The number of ketones is 1. The van der Waals surface area contributed by atoms with Crippen molar-refractivity contribution in [3.05, 3.63) is 34.6 Å². The van der Waals surface area contributed by atoms with Gasteiger partial charge in [-0.25, -0.2) is 4.39 Å². The van der Waals surface area contributed by atoms with Crippen LogP contribution in [0.1, 0.15) is 29.6 Å². The summed E-state index contributed by atoms with van der Waals surface area (Å²) in [5.74, 6) is -0.367. The van der Waals surface area contributed by atoms with Crippen molar-refractivity contribution < 1.29 is 9.18 Å². The first kappa shape index (κ1) is 11.6. The minimum Gasteiger partial charge on any atom is -0.327 e. The molecule has 1 fully saturated rings. The van der Waals surface area contributed by atoms with Crippen LogP contribution in [-0.4, -0.2) is 11.8 Å². The van der Waals surface area contributed by atoms with E-state index >= 15 is 0 Å². The maximum Gasteiger partial charge on any atom is 0.167 e. The fraction of sp³-hybridized carbons (Fsp3) is 0.417. The Morgan fingerprint density at radius 3 is 2.81 bits per heavy atom. The molecule has 2 nitrogen and oxygen atoms in total. The molecule has 0 saturated heterocycles. The van der Waals surface area contributed by atoms with Crippen molar-refractivity contribution in [2.45, 2.75) is 25.3 Å². The Hall–Kier alpha value is -0.930. The van der Waals surface area contributed by atoms with Crippen LogP contribution in [0.15, 0.2) is 18.2 Å². The zero-order valence-electron chi connectivity index (χ0n) is 8.75. The Kier molecular flexibility index (Phi) is 3.26. The Labute approximate surface area is 98.6 Å². The van der Waals surface area contributed by atoms with Gasteiger partial charge in [0.15, 0.2) is 5.78 Å². The van der Waals surface area contributed by atoms with Crippen molar-refractivity contribution in [2.24, 2.45) is 11.7 Å². The molecule has 1 aliphatic rings. The van der Waals surface area contributed by atoms with Crippen molar-refractivity contribution in [3.8, 4) is 0 Å². The molecule has 0 bridgehead atoms. The van der Waals surface area contributed by atoms with E-state index < -0.39 is 5.82 Å². The van der Waals surface area contributed by atoms with E-state index in [0.29, 0.717) is 10.9 Å². The van der Waals surface area contributed by atoms with E-state index in [1.54, 1.807) is 0 Å². The average molecular weight is 242 g/mol. The monoisotopic (exact) mass is 241 g/mol. The van der Waals surface area contributed by atoms with Crippen LogP contribution < -0.4 is 5.73 Å². The lowest BCUT2D eigenvalue weighted by Gasteiger charge is -2.09. The molecule has 2 rings (SSSR count). The summed E-state index contributed by atoms with van der Waals surface area (Å²) in [4.78, 5) is 11.8. The molecule has 1 unspecified atom stereocenters. The lowest BCUT2D eigenvalue weighted by molar-refractivity contribution is 0.0967. The van der Waals surface area contributed by atoms with Gasteiger partial charge >= 0.3 is 0 Å². The summed E-state index contributed by atoms with van der Waals surface area (Å²) in [6.45, 7) is 0. The molecule has 0 heterocycles. The van der Waals surface area contributed by atoms with Gasteiger partial charge in [-0.05, 0) is 37.0 Å². The van der Waals surface area contributed by atoms with E-state index in [-0.39, 0.29) is 23.8 Å². The Morgan fingerprint density at radius 1 is 1.56 bits per heavy atom. The molecule has 0 amide bonds. The van der Waals surface area contributed by atoms with Gasteiger partial charge in [0.2, 0.25) is 0 Å². The Bertz CT molecular complexity index is 417. The fourth-order valence-electron chi connectivity index (χ4n) is 1.73. The van der Waals surface area contributed by atoms with Crippen molar-refractivity contribution in [3.63, 3.8) is 0 Å². The quantitative estimate of drug-likeness (QED) is 0.824. The van der Waals surface area contributed by atoms with Gasteiger partial charge in [-0.3, -0.25) is 4.79 Å². The summed E-state index contributed by atoms with van der Waals surface area (Å²) in [5.41, 5.74) is 5.91. The van der Waals surface area contributed by atoms with Crippen LogP contribution in [0.25, 0.3) is 0 Å². The van der Waals surface area contributed by atoms with Crippen LogP contribution in [-0.2, 0) is 0 Å². The Morgan fingerprint density at radius 2 is 2.25 bits per heavy atom. The summed E-state index contributed by atoms with van der Waals surface area (Å²) in [5, 5.41) is 0.292. The Balaban J connectivity index is 2.07. The average Bonchev–Trinajstić information content (AvgIpc) is 2.99. The third kappa shape index (κ3) is 2.60. The van der Waals surface area contributed by atoms with Gasteiger partial charge in [-0.2, -0.15) is 0 Å². The van der Waals surface area contributed by atoms with Crippen LogP contribution >= 0.6 is 11.6 Å². The highest BCUT2D eigenvalue weighted by Crippen LogP contribution is 2.33. The molecular formula is C12H13ClFNO. The highest BCUT2D eigenvalue weighted by atomic mass is 35.5. The number of carbonyl (C=O) groups excluding carboxylic acids is 1. The first-order chi connectivity index (χ1) is 7.58. The molecular weight excluding hydrogens is 229 g/mol.